The molecule has 0 aliphatic carbocycles. The van der Waals surface area contributed by atoms with Crippen molar-refractivity contribution in [2.24, 2.45) is 5.73 Å². The summed E-state index contributed by atoms with van der Waals surface area (Å²) >= 11 is 0. The summed E-state index contributed by atoms with van der Waals surface area (Å²) in [5.74, 6) is -0.902. The zero-order valence-corrected chi connectivity index (χ0v) is 5.65. The molecular formula is C5H11NO4. The van der Waals surface area contributed by atoms with Crippen LogP contribution in [-0.2, 0) is 9.53 Å². The fraction of sp³-hybridized carbons (Fsp3) is 0.800. The zero-order chi connectivity index (χ0) is 8.15. The molecule has 0 aromatic heterocycles. The van der Waals surface area contributed by atoms with Gasteiger partial charge in [-0.3, -0.25) is 4.79 Å². The van der Waals surface area contributed by atoms with Crippen molar-refractivity contribution < 1.29 is 19.7 Å². The fourth-order valence-corrected chi connectivity index (χ4v) is 0.486. The number of carbonyl (C=O) groups excluding carboxylic acids is 1. The third kappa shape index (κ3) is 2.30. The monoisotopic (exact) mass is 149 g/mol. The fourth-order valence-electron chi connectivity index (χ4n) is 0.486. The highest BCUT2D eigenvalue weighted by atomic mass is 16.5. The van der Waals surface area contributed by atoms with Gasteiger partial charge in [0, 0.05) is 7.11 Å². The van der Waals surface area contributed by atoms with Gasteiger partial charge in [0.05, 0.1) is 6.61 Å². The molecule has 0 saturated heterocycles. The molecule has 0 aliphatic heterocycles. The smallest absolute Gasteiger partial charge is 0.249 e. The Hall–Kier alpha value is -0.650. The molecular weight excluding hydrogens is 138 g/mol. The van der Waals surface area contributed by atoms with E-state index in [1.807, 2.05) is 0 Å². The summed E-state index contributed by atoms with van der Waals surface area (Å²) in [7, 11) is 1.27. The van der Waals surface area contributed by atoms with E-state index in [0.717, 1.165) is 0 Å². The first-order valence-corrected chi connectivity index (χ1v) is 2.74. The number of primary amides is 1. The SMILES string of the molecule is CO[C@H](CO)[C@@H](O)C(N)=O. The van der Waals surface area contributed by atoms with Gasteiger partial charge in [-0.2, -0.15) is 0 Å². The van der Waals surface area contributed by atoms with Crippen LogP contribution in [0.5, 0.6) is 0 Å². The van der Waals surface area contributed by atoms with Crippen LogP contribution in [0.15, 0.2) is 0 Å². The summed E-state index contributed by atoms with van der Waals surface area (Å²) in [4.78, 5) is 10.2. The number of ether oxygens (including phenoxy) is 1. The van der Waals surface area contributed by atoms with Crippen molar-refractivity contribution >= 4 is 5.91 Å². The van der Waals surface area contributed by atoms with E-state index in [9.17, 15) is 4.79 Å². The molecule has 0 aliphatic rings. The third-order valence-corrected chi connectivity index (χ3v) is 1.13. The van der Waals surface area contributed by atoms with Gasteiger partial charge in [-0.25, -0.2) is 0 Å². The predicted molar refractivity (Wildman–Crippen MR) is 33.1 cm³/mol. The Morgan fingerprint density at radius 2 is 2.30 bits per heavy atom. The number of amides is 1. The van der Waals surface area contributed by atoms with E-state index in [1.165, 1.54) is 7.11 Å². The number of methoxy groups -OCH3 is 1. The molecule has 5 nitrogen and oxygen atoms in total. The highest BCUT2D eigenvalue weighted by Crippen LogP contribution is 1.95. The number of aliphatic hydroxyl groups excluding tert-OH is 2. The Labute approximate surface area is 58.4 Å². The van der Waals surface area contributed by atoms with Crippen LogP contribution in [0, 0.1) is 0 Å². The minimum atomic E-state index is -1.44. The molecule has 0 aromatic rings. The molecule has 0 radical (unpaired) electrons. The number of aliphatic hydroxyl groups is 2. The molecule has 60 valence electrons. The van der Waals surface area contributed by atoms with E-state index >= 15 is 0 Å². The van der Waals surface area contributed by atoms with Crippen LogP contribution in [0.2, 0.25) is 0 Å². The quantitative estimate of drug-likeness (QED) is 0.424. The molecule has 5 heteroatoms. The van der Waals surface area contributed by atoms with Crippen LogP contribution in [0.1, 0.15) is 0 Å². The summed E-state index contributed by atoms with van der Waals surface area (Å²) in [6.07, 6.45) is -2.35. The highest BCUT2D eigenvalue weighted by Gasteiger charge is 2.22. The van der Waals surface area contributed by atoms with Crippen molar-refractivity contribution in [3.8, 4) is 0 Å². The molecule has 2 atom stereocenters. The second kappa shape index (κ2) is 4.21. The molecule has 10 heavy (non-hydrogen) atoms. The lowest BCUT2D eigenvalue weighted by atomic mass is 10.2. The number of carbonyl (C=O) groups is 1. The van der Waals surface area contributed by atoms with Crippen LogP contribution in [0.3, 0.4) is 0 Å². The van der Waals surface area contributed by atoms with Gasteiger partial charge in [0.1, 0.15) is 6.10 Å². The molecule has 1 amide bonds. The van der Waals surface area contributed by atoms with Crippen LogP contribution >= 0.6 is 0 Å². The van der Waals surface area contributed by atoms with Crippen LogP contribution < -0.4 is 5.73 Å². The second-order valence-corrected chi connectivity index (χ2v) is 1.80. The van der Waals surface area contributed by atoms with Gasteiger partial charge in [-0.05, 0) is 0 Å². The van der Waals surface area contributed by atoms with Gasteiger partial charge in [-0.15, -0.1) is 0 Å². The summed E-state index contributed by atoms with van der Waals surface area (Å²) in [5.41, 5.74) is 4.71. The lowest BCUT2D eigenvalue weighted by Crippen LogP contribution is -2.41. The maximum absolute atomic E-state index is 10.2. The van der Waals surface area contributed by atoms with Gasteiger partial charge in [0.25, 0.3) is 0 Å². The van der Waals surface area contributed by atoms with E-state index in [1.54, 1.807) is 0 Å². The average molecular weight is 149 g/mol. The largest absolute Gasteiger partial charge is 0.394 e. The third-order valence-electron chi connectivity index (χ3n) is 1.13. The second-order valence-electron chi connectivity index (χ2n) is 1.80. The number of hydrogen-bond donors (Lipinski definition) is 3. The molecule has 4 N–H and O–H groups in total. The van der Waals surface area contributed by atoms with Crippen LogP contribution in [0.4, 0.5) is 0 Å². The molecule has 0 saturated carbocycles. The standard InChI is InChI=1S/C5H11NO4/c1-10-3(2-7)4(8)5(6)9/h3-4,7-8H,2H2,1H3,(H2,6,9)/t3-,4-/m1/s1. The van der Waals surface area contributed by atoms with Crippen molar-refractivity contribution in [2.75, 3.05) is 13.7 Å². The molecule has 0 spiro atoms. The number of hydrogen-bond acceptors (Lipinski definition) is 4. The lowest BCUT2D eigenvalue weighted by molar-refractivity contribution is -0.135. The van der Waals surface area contributed by atoms with Crippen molar-refractivity contribution in [1.82, 2.24) is 0 Å². The molecule has 0 unspecified atom stereocenters. The number of rotatable bonds is 4. The minimum Gasteiger partial charge on any atom is -0.394 e. The molecule has 0 fully saturated rings. The summed E-state index contributed by atoms with van der Waals surface area (Å²) < 4.78 is 4.52. The van der Waals surface area contributed by atoms with Crippen molar-refractivity contribution in [1.29, 1.82) is 0 Å². The van der Waals surface area contributed by atoms with Crippen LogP contribution in [-0.4, -0.2) is 42.0 Å². The Morgan fingerprint density at radius 3 is 2.40 bits per heavy atom. The van der Waals surface area contributed by atoms with Gasteiger partial charge in [0.2, 0.25) is 5.91 Å². The predicted octanol–water partition coefficient (Wildman–Crippen LogP) is -2.16. The first kappa shape index (κ1) is 9.35. The Morgan fingerprint density at radius 1 is 1.80 bits per heavy atom. The maximum atomic E-state index is 10.2. The van der Waals surface area contributed by atoms with Crippen molar-refractivity contribution in [3.05, 3.63) is 0 Å². The van der Waals surface area contributed by atoms with E-state index in [2.05, 4.69) is 4.74 Å². The minimum absolute atomic E-state index is 0.430. The summed E-state index contributed by atoms with van der Waals surface area (Å²) in [6.45, 7) is -0.430. The first-order valence-electron chi connectivity index (χ1n) is 2.74. The topological polar surface area (TPSA) is 92.8 Å². The summed E-state index contributed by atoms with van der Waals surface area (Å²) in [5, 5.41) is 17.3. The van der Waals surface area contributed by atoms with E-state index < -0.39 is 24.7 Å². The highest BCUT2D eigenvalue weighted by molar-refractivity contribution is 5.79. The molecule has 0 bridgehead atoms. The molecule has 0 aromatic carbocycles. The Kier molecular flexibility index (Phi) is 3.94. The normalized spacial score (nSPS) is 16.3. The van der Waals surface area contributed by atoms with E-state index in [0.29, 0.717) is 0 Å². The summed E-state index contributed by atoms with van der Waals surface area (Å²) in [6, 6.07) is 0. The van der Waals surface area contributed by atoms with Gasteiger partial charge in [0.15, 0.2) is 6.10 Å². The Balaban J connectivity index is 3.88. The van der Waals surface area contributed by atoms with Gasteiger partial charge >= 0.3 is 0 Å². The zero-order valence-electron chi connectivity index (χ0n) is 5.65. The number of nitrogens with two attached hydrogens (primary N) is 1. The van der Waals surface area contributed by atoms with Gasteiger partial charge in [-0.1, -0.05) is 0 Å². The Bertz CT molecular complexity index is 112. The molecule has 0 rings (SSSR count). The average Bonchev–Trinajstić information content (AvgIpc) is 1.90. The van der Waals surface area contributed by atoms with Crippen molar-refractivity contribution in [3.63, 3.8) is 0 Å². The van der Waals surface area contributed by atoms with Gasteiger partial charge < -0.3 is 20.7 Å². The van der Waals surface area contributed by atoms with Crippen molar-refractivity contribution in [2.45, 2.75) is 12.2 Å². The first-order chi connectivity index (χ1) is 4.63. The molecule has 0 heterocycles. The van der Waals surface area contributed by atoms with E-state index in [-0.39, 0.29) is 0 Å². The lowest BCUT2D eigenvalue weighted by Gasteiger charge is -2.15. The van der Waals surface area contributed by atoms with E-state index in [4.69, 9.17) is 15.9 Å². The maximum Gasteiger partial charge on any atom is 0.249 e. The van der Waals surface area contributed by atoms with Crippen LogP contribution in [0.25, 0.3) is 0 Å².